The predicted molar refractivity (Wildman–Crippen MR) is 103 cm³/mol. The van der Waals surface area contributed by atoms with Gasteiger partial charge in [-0.15, -0.1) is 4.68 Å². The first-order chi connectivity index (χ1) is 11.5. The van der Waals surface area contributed by atoms with Crippen LogP contribution in [0.2, 0.25) is 0 Å². The van der Waals surface area contributed by atoms with E-state index in [2.05, 4.69) is 69.5 Å². The SMILES string of the molecule is CC(C)(C)c1ccc(N)[n+](-n2c(C(C)(C)C)cc3c(N)nccc32)c1. The Labute approximate surface area is 149 Å². The van der Waals surface area contributed by atoms with Crippen LogP contribution in [0.15, 0.2) is 36.7 Å². The van der Waals surface area contributed by atoms with Gasteiger partial charge in [0.05, 0.1) is 11.2 Å². The molecule has 0 radical (unpaired) electrons. The first-order valence-corrected chi connectivity index (χ1v) is 8.59. The van der Waals surface area contributed by atoms with Crippen LogP contribution >= 0.6 is 0 Å². The summed E-state index contributed by atoms with van der Waals surface area (Å²) in [5, 5.41) is 0.945. The first kappa shape index (κ1) is 17.3. The van der Waals surface area contributed by atoms with Gasteiger partial charge in [-0.3, -0.25) is 5.73 Å². The molecule has 0 amide bonds. The third kappa shape index (κ3) is 2.95. The van der Waals surface area contributed by atoms with E-state index in [9.17, 15) is 0 Å². The molecular weight excluding hydrogens is 310 g/mol. The molecule has 3 aromatic rings. The Hall–Kier alpha value is -2.56. The molecule has 5 nitrogen and oxygen atoms in total. The van der Waals surface area contributed by atoms with E-state index in [-0.39, 0.29) is 10.8 Å². The maximum atomic E-state index is 6.36. The van der Waals surface area contributed by atoms with E-state index >= 15 is 0 Å². The molecule has 0 aliphatic heterocycles. The molecule has 0 aromatic carbocycles. The first-order valence-electron chi connectivity index (χ1n) is 8.59. The highest BCUT2D eigenvalue weighted by atomic mass is 15.5. The number of hydrogen-bond donors (Lipinski definition) is 2. The summed E-state index contributed by atoms with van der Waals surface area (Å²) in [6.45, 7) is 13.2. The average molecular weight is 338 g/mol. The van der Waals surface area contributed by atoms with Crippen LogP contribution in [0.25, 0.3) is 10.9 Å². The molecule has 0 unspecified atom stereocenters. The van der Waals surface area contributed by atoms with Crippen molar-refractivity contribution >= 4 is 22.5 Å². The van der Waals surface area contributed by atoms with Crippen LogP contribution in [0.3, 0.4) is 0 Å². The summed E-state index contributed by atoms with van der Waals surface area (Å²) < 4.78 is 4.17. The van der Waals surface area contributed by atoms with E-state index in [4.69, 9.17) is 11.5 Å². The summed E-state index contributed by atoms with van der Waals surface area (Å²) in [5.74, 6) is 1.21. The van der Waals surface area contributed by atoms with Gasteiger partial charge in [0.25, 0.3) is 5.82 Å². The normalized spacial score (nSPS) is 12.7. The number of nitrogen functional groups attached to an aromatic ring is 2. The second kappa shape index (κ2) is 5.48. The lowest BCUT2D eigenvalue weighted by Crippen LogP contribution is -2.47. The fourth-order valence-corrected chi connectivity index (χ4v) is 3.02. The minimum atomic E-state index is -0.0807. The van der Waals surface area contributed by atoms with Gasteiger partial charge in [0.2, 0.25) is 0 Å². The van der Waals surface area contributed by atoms with Gasteiger partial charge in [-0.25, -0.2) is 4.98 Å². The predicted octanol–water partition coefficient (Wildman–Crippen LogP) is 3.39. The molecule has 3 heterocycles. The molecule has 0 saturated heterocycles. The summed E-state index contributed by atoms with van der Waals surface area (Å²) in [6.07, 6.45) is 3.85. The van der Waals surface area contributed by atoms with E-state index in [0.29, 0.717) is 11.6 Å². The molecule has 0 saturated carbocycles. The fraction of sp³-hybridized carbons (Fsp3) is 0.400. The summed E-state index contributed by atoms with van der Waals surface area (Å²) in [4.78, 5) is 4.24. The number of aromatic nitrogens is 3. The molecule has 0 atom stereocenters. The maximum Gasteiger partial charge on any atom is 0.296 e. The smallest absolute Gasteiger partial charge is 0.296 e. The van der Waals surface area contributed by atoms with Crippen molar-refractivity contribution in [3.8, 4) is 0 Å². The quantitative estimate of drug-likeness (QED) is 0.668. The summed E-state index contributed by atoms with van der Waals surface area (Å²) in [5.41, 5.74) is 15.8. The van der Waals surface area contributed by atoms with Gasteiger partial charge < -0.3 is 5.73 Å². The molecule has 0 aliphatic rings. The monoisotopic (exact) mass is 338 g/mol. The Kier molecular flexibility index (Phi) is 3.78. The zero-order valence-electron chi connectivity index (χ0n) is 16.0. The van der Waals surface area contributed by atoms with Gasteiger partial charge in [0.15, 0.2) is 0 Å². The Bertz CT molecular complexity index is 939. The molecular formula is C20H28N5+. The molecule has 0 fully saturated rings. The van der Waals surface area contributed by atoms with Crippen molar-refractivity contribution in [2.75, 3.05) is 11.5 Å². The Morgan fingerprint density at radius 1 is 0.960 bits per heavy atom. The highest BCUT2D eigenvalue weighted by Crippen LogP contribution is 2.31. The van der Waals surface area contributed by atoms with Crippen LogP contribution in [0.4, 0.5) is 11.6 Å². The number of nitrogens with zero attached hydrogens (tertiary/aromatic N) is 3. The third-order valence-electron chi connectivity index (χ3n) is 4.54. The summed E-state index contributed by atoms with van der Waals surface area (Å²) in [6, 6.07) is 8.15. The number of anilines is 2. The largest absolute Gasteiger partial charge is 0.383 e. The maximum absolute atomic E-state index is 6.36. The number of pyridine rings is 2. The van der Waals surface area contributed by atoms with Crippen LogP contribution in [0, 0.1) is 0 Å². The van der Waals surface area contributed by atoms with Crippen molar-refractivity contribution in [1.29, 1.82) is 0 Å². The van der Waals surface area contributed by atoms with Gasteiger partial charge >= 0.3 is 0 Å². The molecule has 5 heteroatoms. The van der Waals surface area contributed by atoms with Crippen molar-refractivity contribution in [3.05, 3.63) is 47.9 Å². The van der Waals surface area contributed by atoms with E-state index in [1.54, 1.807) is 6.20 Å². The Morgan fingerprint density at radius 2 is 1.64 bits per heavy atom. The Balaban J connectivity index is 2.41. The van der Waals surface area contributed by atoms with Crippen molar-refractivity contribution in [2.24, 2.45) is 0 Å². The topological polar surface area (TPSA) is 73.7 Å². The standard InChI is InChI=1S/C20H27N5/c1-19(2,3)13-7-8-17(21)24(12-13)25-15-9-10-23-18(22)14(15)11-16(25)20(4,5)6/h7-12,21H,1-6H3,(H2,22,23)/p+1. The summed E-state index contributed by atoms with van der Waals surface area (Å²) in [7, 11) is 0. The van der Waals surface area contributed by atoms with Crippen molar-refractivity contribution in [1.82, 2.24) is 9.66 Å². The molecule has 0 bridgehead atoms. The lowest BCUT2D eigenvalue weighted by molar-refractivity contribution is -0.712. The number of hydrogen-bond acceptors (Lipinski definition) is 3. The number of rotatable bonds is 1. The van der Waals surface area contributed by atoms with Gasteiger partial charge in [-0.05, 0) is 29.2 Å². The van der Waals surface area contributed by atoms with Crippen molar-refractivity contribution < 1.29 is 4.68 Å². The van der Waals surface area contributed by atoms with Crippen molar-refractivity contribution in [2.45, 2.75) is 52.4 Å². The van der Waals surface area contributed by atoms with Crippen LogP contribution in [0.1, 0.15) is 52.8 Å². The van der Waals surface area contributed by atoms with Crippen LogP contribution in [0.5, 0.6) is 0 Å². The van der Waals surface area contributed by atoms with Crippen LogP contribution in [-0.2, 0) is 10.8 Å². The van der Waals surface area contributed by atoms with Crippen LogP contribution in [-0.4, -0.2) is 9.66 Å². The number of nitrogens with two attached hydrogens (primary N) is 2. The van der Waals surface area contributed by atoms with Gasteiger partial charge in [-0.1, -0.05) is 41.5 Å². The second-order valence-electron chi connectivity index (χ2n) is 8.66. The highest BCUT2D eigenvalue weighted by Gasteiger charge is 2.27. The molecule has 0 spiro atoms. The van der Waals surface area contributed by atoms with Crippen LogP contribution < -0.4 is 16.1 Å². The third-order valence-corrected chi connectivity index (χ3v) is 4.54. The molecule has 3 rings (SSSR count). The minimum Gasteiger partial charge on any atom is -0.383 e. The van der Waals surface area contributed by atoms with E-state index in [1.165, 1.54) is 5.56 Å². The lowest BCUT2D eigenvalue weighted by atomic mass is 9.88. The molecule has 4 N–H and O–H groups in total. The zero-order chi connectivity index (χ0) is 18.6. The molecule has 132 valence electrons. The van der Waals surface area contributed by atoms with Crippen molar-refractivity contribution in [3.63, 3.8) is 0 Å². The highest BCUT2D eigenvalue weighted by molar-refractivity contribution is 5.89. The van der Waals surface area contributed by atoms with E-state index < -0.39 is 0 Å². The summed E-state index contributed by atoms with van der Waals surface area (Å²) >= 11 is 0. The van der Waals surface area contributed by atoms with Gasteiger partial charge in [-0.2, -0.15) is 4.68 Å². The average Bonchev–Trinajstić information content (AvgIpc) is 2.87. The van der Waals surface area contributed by atoms with E-state index in [0.717, 1.165) is 16.6 Å². The lowest BCUT2D eigenvalue weighted by Gasteiger charge is -2.23. The fourth-order valence-electron chi connectivity index (χ4n) is 3.02. The van der Waals surface area contributed by atoms with Gasteiger partial charge in [0, 0.05) is 23.1 Å². The van der Waals surface area contributed by atoms with Gasteiger partial charge in [0.1, 0.15) is 12.0 Å². The second-order valence-corrected chi connectivity index (χ2v) is 8.66. The molecule has 0 aliphatic carbocycles. The zero-order valence-corrected chi connectivity index (χ0v) is 16.0. The Morgan fingerprint density at radius 3 is 2.24 bits per heavy atom. The molecule has 25 heavy (non-hydrogen) atoms. The molecule has 3 aromatic heterocycles. The number of fused-ring (bicyclic) bond motifs is 1. The minimum absolute atomic E-state index is 0.0287. The van der Waals surface area contributed by atoms with E-state index in [1.807, 2.05) is 16.8 Å².